The minimum atomic E-state index is -0.632. The Kier molecular flexibility index (Phi) is 8.73. The van der Waals surface area contributed by atoms with Gasteiger partial charge in [-0.15, -0.1) is 5.11 Å². The SMILES string of the molecule is CCNC(=O)N/C(=N\C1=CCC(OC2=CCC(C(N)=O)N=N2)CC1)NCC1=CC=C(F)CC1. The van der Waals surface area contributed by atoms with Crippen LogP contribution in [0.2, 0.25) is 0 Å². The van der Waals surface area contributed by atoms with Gasteiger partial charge in [-0.2, -0.15) is 5.11 Å². The maximum absolute atomic E-state index is 13.2. The van der Waals surface area contributed by atoms with Crippen molar-refractivity contribution in [2.75, 3.05) is 13.1 Å². The average Bonchev–Trinajstić information content (AvgIpc) is 2.80. The lowest BCUT2D eigenvalue weighted by Gasteiger charge is -2.23. The van der Waals surface area contributed by atoms with E-state index in [2.05, 4.69) is 31.2 Å². The van der Waals surface area contributed by atoms with E-state index in [9.17, 15) is 14.0 Å². The lowest BCUT2D eigenvalue weighted by atomic mass is 10.0. The highest BCUT2D eigenvalue weighted by Gasteiger charge is 2.21. The molecular weight excluding hydrogens is 429 g/mol. The van der Waals surface area contributed by atoms with E-state index in [1.54, 1.807) is 12.2 Å². The maximum atomic E-state index is 13.2. The Morgan fingerprint density at radius 1 is 1.21 bits per heavy atom. The molecule has 3 rings (SSSR count). The van der Waals surface area contributed by atoms with Crippen molar-refractivity contribution in [3.05, 3.63) is 47.3 Å². The van der Waals surface area contributed by atoms with Crippen LogP contribution in [-0.4, -0.2) is 43.1 Å². The number of carbonyl (C=O) groups excluding carboxylic acids is 2. The Hall–Kier alpha value is -3.50. The molecule has 5 N–H and O–H groups in total. The number of nitrogens with two attached hydrogens (primary N) is 1. The lowest BCUT2D eigenvalue weighted by molar-refractivity contribution is -0.119. The van der Waals surface area contributed by atoms with Gasteiger partial charge in [0.1, 0.15) is 11.9 Å². The molecular formula is C22H30FN7O3. The number of hydrogen-bond acceptors (Lipinski definition) is 6. The van der Waals surface area contributed by atoms with Gasteiger partial charge in [0.05, 0.1) is 0 Å². The molecule has 0 spiro atoms. The fraction of sp³-hybridized carbons (Fsp3) is 0.500. The van der Waals surface area contributed by atoms with Gasteiger partial charge in [0.15, 0.2) is 6.04 Å². The molecule has 0 saturated carbocycles. The second kappa shape index (κ2) is 11.9. The molecule has 0 aromatic carbocycles. The van der Waals surface area contributed by atoms with Gasteiger partial charge >= 0.3 is 6.03 Å². The molecule has 33 heavy (non-hydrogen) atoms. The van der Waals surface area contributed by atoms with E-state index in [1.807, 2.05) is 13.0 Å². The van der Waals surface area contributed by atoms with E-state index in [0.29, 0.717) is 63.5 Å². The van der Waals surface area contributed by atoms with Crippen LogP contribution < -0.4 is 21.7 Å². The summed E-state index contributed by atoms with van der Waals surface area (Å²) in [5.41, 5.74) is 7.08. The van der Waals surface area contributed by atoms with Crippen molar-refractivity contribution in [3.63, 3.8) is 0 Å². The molecule has 10 nitrogen and oxygen atoms in total. The summed E-state index contributed by atoms with van der Waals surface area (Å²) < 4.78 is 19.1. The largest absolute Gasteiger partial charge is 0.473 e. The molecule has 0 saturated heterocycles. The van der Waals surface area contributed by atoms with Crippen LogP contribution in [0.5, 0.6) is 0 Å². The fourth-order valence-electron chi connectivity index (χ4n) is 3.41. The summed E-state index contributed by atoms with van der Waals surface area (Å²) in [6.45, 7) is 2.78. The van der Waals surface area contributed by atoms with Crippen molar-refractivity contribution in [1.82, 2.24) is 16.0 Å². The zero-order valence-electron chi connectivity index (χ0n) is 18.6. The summed E-state index contributed by atoms with van der Waals surface area (Å²) in [5.74, 6) is 0.0923. The van der Waals surface area contributed by atoms with Crippen LogP contribution in [0.1, 0.15) is 45.4 Å². The number of nitrogens with zero attached hydrogens (tertiary/aromatic N) is 3. The second-order valence-electron chi connectivity index (χ2n) is 7.86. The van der Waals surface area contributed by atoms with Crippen molar-refractivity contribution in [2.45, 2.75) is 57.6 Å². The number of hydrogen-bond donors (Lipinski definition) is 4. The highest BCUT2D eigenvalue weighted by Crippen LogP contribution is 2.25. The summed E-state index contributed by atoms with van der Waals surface area (Å²) in [5, 5.41) is 16.4. The zero-order valence-corrected chi connectivity index (χ0v) is 18.6. The third-order valence-corrected chi connectivity index (χ3v) is 5.26. The summed E-state index contributed by atoms with van der Waals surface area (Å²) in [6, 6.07) is -0.985. The van der Waals surface area contributed by atoms with Gasteiger partial charge < -0.3 is 21.1 Å². The molecule has 0 aromatic heterocycles. The number of carbonyl (C=O) groups is 2. The maximum Gasteiger partial charge on any atom is 0.321 e. The van der Waals surface area contributed by atoms with Gasteiger partial charge in [-0.3, -0.25) is 10.1 Å². The molecule has 178 valence electrons. The van der Waals surface area contributed by atoms with Crippen LogP contribution >= 0.6 is 0 Å². The van der Waals surface area contributed by atoms with Gasteiger partial charge in [-0.05, 0) is 38.3 Å². The van der Waals surface area contributed by atoms with Crippen molar-refractivity contribution in [2.24, 2.45) is 21.0 Å². The molecule has 1 aliphatic heterocycles. The molecule has 3 aliphatic rings. The Morgan fingerprint density at radius 3 is 2.67 bits per heavy atom. The minimum absolute atomic E-state index is 0.0823. The molecule has 11 heteroatoms. The zero-order chi connectivity index (χ0) is 23.6. The van der Waals surface area contributed by atoms with Crippen molar-refractivity contribution in [1.29, 1.82) is 0 Å². The molecule has 2 aliphatic carbocycles. The third-order valence-electron chi connectivity index (χ3n) is 5.26. The number of halogens is 1. The van der Waals surface area contributed by atoms with Crippen molar-refractivity contribution in [3.8, 4) is 0 Å². The number of guanidine groups is 1. The van der Waals surface area contributed by atoms with Crippen LogP contribution in [0.15, 0.2) is 62.5 Å². The Labute approximate surface area is 192 Å². The normalized spacial score (nSPS) is 22.9. The number of aliphatic imine (C=N–C) groups is 1. The van der Waals surface area contributed by atoms with E-state index < -0.39 is 11.9 Å². The molecule has 0 fully saturated rings. The van der Waals surface area contributed by atoms with Gasteiger partial charge in [0.2, 0.25) is 17.7 Å². The molecule has 0 bridgehead atoms. The first-order valence-corrected chi connectivity index (χ1v) is 11.1. The number of azo groups is 1. The number of amides is 3. The summed E-state index contributed by atoms with van der Waals surface area (Å²) in [6.07, 6.45) is 10.2. The van der Waals surface area contributed by atoms with Crippen LogP contribution in [-0.2, 0) is 9.53 Å². The van der Waals surface area contributed by atoms with E-state index in [-0.39, 0.29) is 18.0 Å². The van der Waals surface area contributed by atoms with Gasteiger partial charge in [-0.25, -0.2) is 14.2 Å². The summed E-state index contributed by atoms with van der Waals surface area (Å²) >= 11 is 0. The predicted molar refractivity (Wildman–Crippen MR) is 121 cm³/mol. The first kappa shape index (κ1) is 24.1. The van der Waals surface area contributed by atoms with Crippen molar-refractivity contribution < 1.29 is 18.7 Å². The number of allylic oxidation sites excluding steroid dienone is 4. The van der Waals surface area contributed by atoms with Crippen molar-refractivity contribution >= 4 is 17.9 Å². The summed E-state index contributed by atoms with van der Waals surface area (Å²) in [7, 11) is 0. The Balaban J connectivity index is 1.57. The molecule has 0 radical (unpaired) electrons. The smallest absolute Gasteiger partial charge is 0.321 e. The number of ether oxygens (including phenoxy) is 1. The average molecular weight is 460 g/mol. The predicted octanol–water partition coefficient (Wildman–Crippen LogP) is 2.83. The van der Waals surface area contributed by atoms with E-state index in [1.165, 1.54) is 6.08 Å². The molecule has 2 atom stereocenters. The third kappa shape index (κ3) is 7.85. The lowest BCUT2D eigenvalue weighted by Crippen LogP contribution is -2.46. The number of rotatable bonds is 7. The fourth-order valence-corrected chi connectivity index (χ4v) is 3.41. The standard InChI is InChI=1S/C22H30FN7O3/c1-2-25-22(32)28-21(26-13-14-3-5-15(23)6-4-14)27-16-7-9-17(10-8-16)33-19-12-11-18(20(24)31)29-30-19/h3,5,7,12,17-18H,2,4,6,8-11,13H2,1H3,(H2,24,31)(H3,25,26,27,28,32). The quantitative estimate of drug-likeness (QED) is 0.343. The van der Waals surface area contributed by atoms with Crippen LogP contribution in [0.3, 0.4) is 0 Å². The van der Waals surface area contributed by atoms with Crippen LogP contribution in [0.25, 0.3) is 0 Å². The number of urea groups is 1. The Morgan fingerprint density at radius 2 is 2.06 bits per heavy atom. The minimum Gasteiger partial charge on any atom is -0.473 e. The van der Waals surface area contributed by atoms with E-state index in [4.69, 9.17) is 10.5 Å². The molecule has 3 amide bonds. The van der Waals surface area contributed by atoms with E-state index >= 15 is 0 Å². The monoisotopic (exact) mass is 459 g/mol. The Bertz CT molecular complexity index is 936. The molecule has 1 heterocycles. The first-order valence-electron chi connectivity index (χ1n) is 11.1. The number of nitrogens with one attached hydrogen (secondary N) is 3. The second-order valence-corrected chi connectivity index (χ2v) is 7.86. The topological polar surface area (TPSA) is 143 Å². The highest BCUT2D eigenvalue weighted by atomic mass is 19.1. The highest BCUT2D eigenvalue weighted by molar-refractivity contribution is 5.96. The van der Waals surface area contributed by atoms with Gasteiger partial charge in [0.25, 0.3) is 0 Å². The van der Waals surface area contributed by atoms with Crippen LogP contribution in [0, 0.1) is 0 Å². The first-order chi connectivity index (χ1) is 15.9. The molecule has 0 aromatic rings. The number of primary amides is 1. The van der Waals surface area contributed by atoms with Gasteiger partial charge in [-0.1, -0.05) is 17.7 Å². The van der Waals surface area contributed by atoms with Gasteiger partial charge in [0, 0.05) is 38.0 Å². The molecule has 2 unspecified atom stereocenters. The van der Waals surface area contributed by atoms with E-state index in [0.717, 1.165) is 11.3 Å². The van der Waals surface area contributed by atoms with Crippen LogP contribution in [0.4, 0.5) is 9.18 Å². The summed E-state index contributed by atoms with van der Waals surface area (Å²) in [4.78, 5) is 27.7.